The summed E-state index contributed by atoms with van der Waals surface area (Å²) in [5, 5.41) is 16.7. The zero-order valence-electron chi connectivity index (χ0n) is 6.21. The van der Waals surface area contributed by atoms with Crippen LogP contribution in [0, 0.1) is 0 Å². The monoisotopic (exact) mass is 165 g/mol. The summed E-state index contributed by atoms with van der Waals surface area (Å²) in [7, 11) is 0. The second-order valence-electron chi connectivity index (χ2n) is 0.861. The molecule has 5 nitrogen and oxygen atoms in total. The van der Waals surface area contributed by atoms with E-state index in [1.54, 1.807) is 0 Å². The molecule has 2 N–H and O–H groups in total. The molecule has 10 heavy (non-hydrogen) atoms. The van der Waals surface area contributed by atoms with E-state index in [1.165, 1.54) is 6.92 Å². The van der Waals surface area contributed by atoms with Gasteiger partial charge in [0, 0.05) is 6.92 Å². The zero-order chi connectivity index (χ0) is 7.15. The average Bonchev–Trinajstić information content (AvgIpc) is 1.25. The van der Waals surface area contributed by atoms with E-state index in [0.717, 1.165) is 0 Å². The maximum atomic E-state index is 9.22. The van der Waals surface area contributed by atoms with Crippen LogP contribution in [0.5, 0.6) is 0 Å². The van der Waals surface area contributed by atoms with Crippen molar-refractivity contribution < 1.29 is 78.9 Å². The number of hydrogen-bond donors (Lipinski definition) is 1. The van der Waals surface area contributed by atoms with Gasteiger partial charge in [-0.05, 0) is 6.16 Å². The summed E-state index contributed by atoms with van der Waals surface area (Å²) in [6, 6.07) is 0. The van der Waals surface area contributed by atoms with Crippen molar-refractivity contribution in [1.29, 1.82) is 0 Å². The minimum absolute atomic E-state index is 0. The molecule has 0 aliphatic rings. The molecule has 0 saturated heterocycles. The van der Waals surface area contributed by atoms with Crippen LogP contribution in [0.4, 0.5) is 4.79 Å². The van der Waals surface area contributed by atoms with Crippen LogP contribution in [0.15, 0.2) is 0 Å². The number of carbonyl (C=O) groups excluding carboxylic acids is 2. The Morgan fingerprint density at radius 1 is 1.20 bits per heavy atom. The standard InChI is InChI=1S/C2H5NO.CH2O3.2Na/c1-2(3)4;2-1(3)4;;/h1H3,(H2,3,4);(H2,2,3,4);;/q;;2*+1/p-2. The summed E-state index contributed by atoms with van der Waals surface area (Å²) >= 11 is 0. The third-order valence-corrected chi connectivity index (χ3v) is 0. The molecule has 0 aromatic rings. The van der Waals surface area contributed by atoms with Crippen LogP contribution < -0.4 is 75.1 Å². The van der Waals surface area contributed by atoms with Gasteiger partial charge in [-0.25, -0.2) is 0 Å². The molecule has 0 aliphatic carbocycles. The summed E-state index contributed by atoms with van der Waals surface area (Å²) in [6.07, 6.45) is -2.33. The van der Waals surface area contributed by atoms with Gasteiger partial charge in [0.1, 0.15) is 0 Å². The van der Waals surface area contributed by atoms with Gasteiger partial charge in [0.25, 0.3) is 0 Å². The smallest absolute Gasteiger partial charge is 0.652 e. The molecule has 0 aromatic heterocycles. The van der Waals surface area contributed by atoms with Crippen LogP contribution in [0.1, 0.15) is 6.92 Å². The Morgan fingerprint density at radius 3 is 1.20 bits per heavy atom. The molecule has 0 fully saturated rings. The van der Waals surface area contributed by atoms with Gasteiger partial charge in [-0.2, -0.15) is 0 Å². The number of hydrogen-bond acceptors (Lipinski definition) is 4. The van der Waals surface area contributed by atoms with Gasteiger partial charge in [0.2, 0.25) is 5.91 Å². The molecule has 0 radical (unpaired) electrons. The predicted molar refractivity (Wildman–Crippen MR) is 20.3 cm³/mol. The van der Waals surface area contributed by atoms with Crippen LogP contribution in [0.2, 0.25) is 0 Å². The number of primary amides is 1. The molecule has 0 heterocycles. The number of carboxylic acid groups (broad SMARTS) is 2. The summed E-state index contributed by atoms with van der Waals surface area (Å²) in [5.41, 5.74) is 4.47. The van der Waals surface area contributed by atoms with Crippen LogP contribution in [-0.4, -0.2) is 12.1 Å². The Kier molecular flexibility index (Phi) is 36.7. The first kappa shape index (κ1) is 22.4. The van der Waals surface area contributed by atoms with Crippen molar-refractivity contribution in [2.45, 2.75) is 6.92 Å². The topological polar surface area (TPSA) is 106 Å². The van der Waals surface area contributed by atoms with Crippen molar-refractivity contribution >= 4 is 12.1 Å². The first-order chi connectivity index (χ1) is 3.46. The quantitative estimate of drug-likeness (QED) is 0.359. The Bertz CT molecular complexity index is 76.5. The molecular formula is C3H5NNa2O4. The number of nitrogens with two attached hydrogens (primary N) is 1. The van der Waals surface area contributed by atoms with Crippen LogP contribution >= 0.6 is 0 Å². The molecule has 48 valence electrons. The third-order valence-electron chi connectivity index (χ3n) is 0. The largest absolute Gasteiger partial charge is 1.00 e. The van der Waals surface area contributed by atoms with E-state index in [-0.39, 0.29) is 65.0 Å². The van der Waals surface area contributed by atoms with Gasteiger partial charge < -0.3 is 20.7 Å². The van der Waals surface area contributed by atoms with E-state index in [1.807, 2.05) is 0 Å². The number of amides is 1. The fourth-order valence-corrected chi connectivity index (χ4v) is 0. The Balaban J connectivity index is -0.0000000300. The molecule has 0 spiro atoms. The van der Waals surface area contributed by atoms with E-state index < -0.39 is 6.16 Å². The fourth-order valence-electron chi connectivity index (χ4n) is 0. The SMILES string of the molecule is CC(N)=O.O=C([O-])[O-].[Na+].[Na+]. The molecule has 0 unspecified atom stereocenters. The molecule has 0 saturated carbocycles. The second-order valence-corrected chi connectivity index (χ2v) is 0.861. The predicted octanol–water partition coefficient (Wildman–Crippen LogP) is -8.95. The van der Waals surface area contributed by atoms with Crippen molar-refractivity contribution in [3.05, 3.63) is 0 Å². The molecule has 7 heteroatoms. The normalized spacial score (nSPS) is 4.90. The Morgan fingerprint density at radius 2 is 1.20 bits per heavy atom. The second kappa shape index (κ2) is 16.4. The van der Waals surface area contributed by atoms with Gasteiger partial charge in [0.15, 0.2) is 0 Å². The van der Waals surface area contributed by atoms with Gasteiger partial charge in [0.05, 0.1) is 0 Å². The van der Waals surface area contributed by atoms with Crippen molar-refractivity contribution in [3.8, 4) is 0 Å². The Labute approximate surface area is 103 Å². The summed E-state index contributed by atoms with van der Waals surface area (Å²) in [5.74, 6) is -0.333. The van der Waals surface area contributed by atoms with Crippen LogP contribution in [0.3, 0.4) is 0 Å². The van der Waals surface area contributed by atoms with E-state index >= 15 is 0 Å². The average molecular weight is 165 g/mol. The number of rotatable bonds is 0. The van der Waals surface area contributed by atoms with E-state index in [2.05, 4.69) is 5.73 Å². The van der Waals surface area contributed by atoms with Gasteiger partial charge in [-0.1, -0.05) is 0 Å². The minimum Gasteiger partial charge on any atom is -0.652 e. The van der Waals surface area contributed by atoms with Gasteiger partial charge >= 0.3 is 59.1 Å². The third kappa shape index (κ3) is 956. The van der Waals surface area contributed by atoms with Crippen molar-refractivity contribution in [2.75, 3.05) is 0 Å². The van der Waals surface area contributed by atoms with Crippen molar-refractivity contribution in [2.24, 2.45) is 5.73 Å². The van der Waals surface area contributed by atoms with E-state index in [4.69, 9.17) is 15.0 Å². The molecule has 0 bridgehead atoms. The summed E-state index contributed by atoms with van der Waals surface area (Å²) in [4.78, 5) is 17.6. The summed E-state index contributed by atoms with van der Waals surface area (Å²) in [6.45, 7) is 1.31. The summed E-state index contributed by atoms with van der Waals surface area (Å²) < 4.78 is 0. The van der Waals surface area contributed by atoms with E-state index in [9.17, 15) is 4.79 Å². The van der Waals surface area contributed by atoms with Crippen LogP contribution in [-0.2, 0) is 4.79 Å². The number of carbonyl (C=O) groups is 2. The Hall–Kier alpha value is 0.740. The van der Waals surface area contributed by atoms with E-state index in [0.29, 0.717) is 0 Å². The van der Waals surface area contributed by atoms with Gasteiger partial charge in [-0.3, -0.25) is 4.79 Å². The minimum atomic E-state index is -2.33. The molecule has 1 amide bonds. The molecule has 0 rings (SSSR count). The fraction of sp³-hybridized carbons (Fsp3) is 0.333. The van der Waals surface area contributed by atoms with Crippen molar-refractivity contribution in [1.82, 2.24) is 0 Å². The maximum Gasteiger partial charge on any atom is 1.00 e. The first-order valence-electron chi connectivity index (χ1n) is 1.61. The maximum absolute atomic E-state index is 9.22. The zero-order valence-corrected chi connectivity index (χ0v) is 10.2. The molecule has 0 aromatic carbocycles. The molecule has 0 atom stereocenters. The molecular weight excluding hydrogens is 160 g/mol. The van der Waals surface area contributed by atoms with Crippen LogP contribution in [0.25, 0.3) is 0 Å². The first-order valence-corrected chi connectivity index (χ1v) is 1.61. The van der Waals surface area contributed by atoms with Crippen molar-refractivity contribution in [3.63, 3.8) is 0 Å². The van der Waals surface area contributed by atoms with Gasteiger partial charge in [-0.15, -0.1) is 0 Å². The molecule has 0 aliphatic heterocycles.